The molecule has 0 aromatic rings. The first-order valence-corrected chi connectivity index (χ1v) is 24.6. The van der Waals surface area contributed by atoms with Gasteiger partial charge >= 0.3 is 281 Å². The second-order valence-corrected chi connectivity index (χ2v) is 28.0. The van der Waals surface area contributed by atoms with Crippen LogP contribution in [0.3, 0.4) is 0 Å². The molecule has 0 bridgehead atoms. The van der Waals surface area contributed by atoms with Crippen molar-refractivity contribution >= 4 is 29.7 Å². The Morgan fingerprint density at radius 3 is 0.857 bits per heavy atom. The van der Waals surface area contributed by atoms with E-state index < -0.39 is 13.2 Å². The van der Waals surface area contributed by atoms with Crippen molar-refractivity contribution in [3.05, 3.63) is 0 Å². The first kappa shape index (κ1) is 34.8. The molecule has 6 fully saturated rings. The molecule has 0 atom stereocenters. The molecular formula is C37H66ClOP2Ru+3. The molecule has 0 heterocycles. The van der Waals surface area contributed by atoms with Crippen LogP contribution in [0.25, 0.3) is 0 Å². The van der Waals surface area contributed by atoms with Gasteiger partial charge in [0.25, 0.3) is 0 Å². The van der Waals surface area contributed by atoms with Crippen molar-refractivity contribution in [2.24, 2.45) is 0 Å². The molecule has 0 aromatic carbocycles. The minimum atomic E-state index is -3.24. The van der Waals surface area contributed by atoms with Crippen molar-refractivity contribution in [2.45, 2.75) is 227 Å². The van der Waals surface area contributed by atoms with Gasteiger partial charge in [0.1, 0.15) is 0 Å². The fraction of sp³-hybridized carbons (Fsp3) is 0.973. The van der Waals surface area contributed by atoms with Crippen LogP contribution < -0.4 is 0 Å². The summed E-state index contributed by atoms with van der Waals surface area (Å²) >= 11 is 9.24. The van der Waals surface area contributed by atoms with Crippen LogP contribution in [0.5, 0.6) is 0 Å². The molecule has 0 radical (unpaired) electrons. The van der Waals surface area contributed by atoms with Gasteiger partial charge in [-0.1, -0.05) is 0 Å². The van der Waals surface area contributed by atoms with Crippen LogP contribution in [0.2, 0.25) is 0 Å². The smallest absolute Gasteiger partial charge is 2.00 e. The number of halogens is 1. The third kappa shape index (κ3) is 6.10. The topological polar surface area (TPSA) is 17.1 Å². The van der Waals surface area contributed by atoms with Crippen LogP contribution >= 0.6 is 24.5 Å². The zero-order chi connectivity index (χ0) is 28.2. The second kappa shape index (κ2) is 15.6. The molecule has 6 aliphatic carbocycles. The summed E-state index contributed by atoms with van der Waals surface area (Å²) in [5.74, 6) is -3.24. The first-order chi connectivity index (χ1) is 20.1. The van der Waals surface area contributed by atoms with E-state index in [0.717, 1.165) is 22.2 Å². The third-order valence-electron chi connectivity index (χ3n) is 14.2. The average Bonchev–Trinajstić information content (AvgIpc) is 3.07. The fourth-order valence-corrected chi connectivity index (χ4v) is 34.6. The molecule has 0 aromatic heterocycles. The van der Waals surface area contributed by atoms with Crippen LogP contribution in [0, 0.1) is 0 Å². The Kier molecular flexibility index (Phi) is 12.9. The maximum Gasteiger partial charge on any atom is 2.00 e. The molecule has 6 saturated carbocycles. The Hall–Kier alpha value is 1.44. The maximum atomic E-state index is 17.2. The largest absolute Gasteiger partial charge is 2.00 e. The Balaban J connectivity index is 0.00000353. The van der Waals surface area contributed by atoms with Crippen molar-refractivity contribution < 1.29 is 24.3 Å². The Morgan fingerprint density at radius 1 is 0.405 bits per heavy atom. The van der Waals surface area contributed by atoms with Gasteiger partial charge in [-0.15, -0.1) is 0 Å². The van der Waals surface area contributed by atoms with Crippen LogP contribution in [-0.4, -0.2) is 39.2 Å². The summed E-state index contributed by atoms with van der Waals surface area (Å²) in [5.41, 5.74) is 3.95. The van der Waals surface area contributed by atoms with Crippen molar-refractivity contribution in [1.29, 1.82) is 0 Å². The average molecular weight is 725 g/mol. The minimum Gasteiger partial charge on any atom is 2.00 e. The molecule has 5 heteroatoms. The molecule has 6 rings (SSSR count). The predicted molar refractivity (Wildman–Crippen MR) is 186 cm³/mol. The third-order valence-corrected chi connectivity index (χ3v) is 32.5. The van der Waals surface area contributed by atoms with E-state index in [-0.39, 0.29) is 19.5 Å². The number of carbonyl (C=O) groups is 1. The normalized spacial score (nSPS) is 28.9. The molecule has 6 aliphatic rings. The molecule has 0 aliphatic heterocycles. The van der Waals surface area contributed by atoms with E-state index in [1.807, 2.05) is 0 Å². The first-order valence-electron chi connectivity index (χ1n) is 19.3. The molecule has 0 saturated heterocycles. The Bertz CT molecular complexity index is 750. The van der Waals surface area contributed by atoms with E-state index in [2.05, 4.69) is 0 Å². The number of hydrogen-bond acceptors (Lipinski definition) is 1. The molecule has 242 valence electrons. The molecule has 0 N–H and O–H groups in total. The number of carbonyl (C=O) groups excluding carboxylic acids is 1. The number of rotatable bonds is 8. The minimum absolute atomic E-state index is 0. The zero-order valence-corrected chi connectivity index (χ0v) is 31.5. The monoisotopic (exact) mass is 725 g/mol. The van der Waals surface area contributed by atoms with Crippen LogP contribution in [0.1, 0.15) is 193 Å². The van der Waals surface area contributed by atoms with E-state index in [0.29, 0.717) is 17.0 Å². The summed E-state index contributed by atoms with van der Waals surface area (Å²) in [4.78, 5) is 17.2. The quantitative estimate of drug-likeness (QED) is 0.180. The van der Waals surface area contributed by atoms with Crippen LogP contribution in [0.4, 0.5) is 4.79 Å². The molecular weight excluding hydrogens is 659 g/mol. The predicted octanol–water partition coefficient (Wildman–Crippen LogP) is 13.8. The van der Waals surface area contributed by atoms with Gasteiger partial charge in [0, 0.05) is 0 Å². The fourth-order valence-electron chi connectivity index (χ4n) is 12.4. The molecule has 0 unspecified atom stereocenters. The van der Waals surface area contributed by atoms with E-state index in [1.54, 1.807) is 0 Å². The maximum absolute atomic E-state index is 17.2. The Morgan fingerprint density at radius 2 is 0.619 bits per heavy atom. The standard InChI is InChI=1S/C37H66ClOP2.Ru/c38-41(34-25-13-4-14-26-34,35-27-15-5-16-28-35,36-29-17-6-18-30-36)37(39)40(31-19-7-1-8-20-31,32-21-9-2-10-22-32)33-23-11-3-12-24-33;/h31-36H,1-30H2;/q+1;+2. The van der Waals surface area contributed by atoms with E-state index in [1.165, 1.54) is 193 Å². The summed E-state index contributed by atoms with van der Waals surface area (Å²) in [6.07, 6.45) is 41.0. The number of hydrogen-bond donors (Lipinski definition) is 0. The summed E-state index contributed by atoms with van der Waals surface area (Å²) in [5, 5.41) is 0.988. The van der Waals surface area contributed by atoms with E-state index >= 15 is 4.79 Å². The van der Waals surface area contributed by atoms with Crippen molar-refractivity contribution in [3.8, 4) is 0 Å². The summed E-state index contributed by atoms with van der Waals surface area (Å²) in [6.45, 7) is 0. The summed E-state index contributed by atoms with van der Waals surface area (Å²) in [6, 6.07) is 0. The molecule has 0 amide bonds. The van der Waals surface area contributed by atoms with Gasteiger partial charge in [0.2, 0.25) is 0 Å². The molecule has 42 heavy (non-hydrogen) atoms. The van der Waals surface area contributed by atoms with Crippen molar-refractivity contribution in [3.63, 3.8) is 0 Å². The summed E-state index contributed by atoms with van der Waals surface area (Å²) in [7, 11) is -1.91. The molecule has 1 nitrogen and oxygen atoms in total. The van der Waals surface area contributed by atoms with E-state index in [9.17, 15) is 11.2 Å². The van der Waals surface area contributed by atoms with Gasteiger partial charge in [-0.25, -0.2) is 0 Å². The van der Waals surface area contributed by atoms with Crippen molar-refractivity contribution in [1.82, 2.24) is 0 Å². The Labute approximate surface area is 279 Å². The van der Waals surface area contributed by atoms with Gasteiger partial charge in [-0.2, -0.15) is 0 Å². The molecule has 0 spiro atoms. The van der Waals surface area contributed by atoms with Crippen LogP contribution in [-0.2, 0) is 19.5 Å². The van der Waals surface area contributed by atoms with Gasteiger partial charge < -0.3 is 0 Å². The van der Waals surface area contributed by atoms with E-state index in [4.69, 9.17) is 0 Å². The van der Waals surface area contributed by atoms with Crippen LogP contribution in [0.15, 0.2) is 0 Å². The zero-order valence-electron chi connectivity index (χ0n) is 27.2. The van der Waals surface area contributed by atoms with Gasteiger partial charge in [0.15, 0.2) is 0 Å². The summed E-state index contributed by atoms with van der Waals surface area (Å²) < 4.78 is 0. The van der Waals surface area contributed by atoms with Gasteiger partial charge in [0.05, 0.1) is 0 Å². The van der Waals surface area contributed by atoms with Crippen molar-refractivity contribution in [2.75, 3.05) is 0 Å². The van der Waals surface area contributed by atoms with Gasteiger partial charge in [-0.3, -0.25) is 0 Å². The second-order valence-electron chi connectivity index (χ2n) is 16.1. The SMILES string of the molecule is O=C([P+](C1CCCCC1)(C1CCCCC1)C1CCCCC1)P(Cl)(C1CCCCC1)(C1CCCCC1)C1CCCCC1.[Ru+2]. The van der Waals surface area contributed by atoms with Gasteiger partial charge in [-0.05, 0) is 0 Å².